The minimum Gasteiger partial charge on any atom is -0.454 e. The third-order valence-corrected chi connectivity index (χ3v) is 6.29. The number of carbonyl (C=O) groups excluding carboxylic acids is 3. The number of nitrogens with one attached hydrogen (secondary N) is 1. The maximum atomic E-state index is 13.7. The largest absolute Gasteiger partial charge is 0.454 e. The highest BCUT2D eigenvalue weighted by atomic mass is 32.2. The van der Waals surface area contributed by atoms with E-state index >= 15 is 0 Å². The van der Waals surface area contributed by atoms with Gasteiger partial charge in [-0.3, -0.25) is 19.3 Å². The molecule has 1 aliphatic heterocycles. The van der Waals surface area contributed by atoms with E-state index in [1.807, 2.05) is 54.6 Å². The van der Waals surface area contributed by atoms with Crippen molar-refractivity contribution in [1.82, 2.24) is 5.32 Å². The van der Waals surface area contributed by atoms with Crippen LogP contribution in [0.15, 0.2) is 83.8 Å². The highest BCUT2D eigenvalue weighted by Crippen LogP contribution is 2.43. The zero-order chi connectivity index (χ0) is 23.2. The van der Waals surface area contributed by atoms with Gasteiger partial charge in [-0.05, 0) is 29.8 Å². The number of para-hydroxylation sites is 1. The zero-order valence-electron chi connectivity index (χ0n) is 17.6. The van der Waals surface area contributed by atoms with Crippen molar-refractivity contribution in [3.8, 4) is 0 Å². The fraction of sp³-hybridized carbons (Fsp3) is 0.160. The molecule has 1 N–H and O–H groups in total. The van der Waals surface area contributed by atoms with Gasteiger partial charge < -0.3 is 10.1 Å². The quantitative estimate of drug-likeness (QED) is 0.559. The summed E-state index contributed by atoms with van der Waals surface area (Å²) in [4.78, 5) is 40.0. The second kappa shape index (κ2) is 10.3. The van der Waals surface area contributed by atoms with Gasteiger partial charge in [-0.15, -0.1) is 11.8 Å². The number of esters is 1. The molecule has 33 heavy (non-hydrogen) atoms. The maximum absolute atomic E-state index is 13.7. The first kappa shape index (κ1) is 22.5. The van der Waals surface area contributed by atoms with Crippen molar-refractivity contribution in [2.24, 2.45) is 0 Å². The van der Waals surface area contributed by atoms with Crippen LogP contribution in [-0.4, -0.2) is 36.7 Å². The second-order valence-corrected chi connectivity index (χ2v) is 8.35. The number of fused-ring (bicyclic) bond motifs is 1. The number of ether oxygens (including phenoxy) is 1. The Hall–Kier alpha value is -3.65. The second-order valence-electron chi connectivity index (χ2n) is 7.29. The summed E-state index contributed by atoms with van der Waals surface area (Å²) < 4.78 is 18.8. The summed E-state index contributed by atoms with van der Waals surface area (Å²) in [5.74, 6) is -1.91. The Morgan fingerprint density at radius 2 is 1.67 bits per heavy atom. The van der Waals surface area contributed by atoms with Crippen molar-refractivity contribution in [2.75, 3.05) is 23.8 Å². The molecule has 0 fully saturated rings. The lowest BCUT2D eigenvalue weighted by atomic mass is 10.1. The molecule has 1 heterocycles. The van der Waals surface area contributed by atoms with Gasteiger partial charge in [0, 0.05) is 10.6 Å². The summed E-state index contributed by atoms with van der Waals surface area (Å²) in [7, 11) is 0. The minimum absolute atomic E-state index is 0.172. The number of anilines is 1. The third kappa shape index (κ3) is 5.23. The Morgan fingerprint density at radius 3 is 2.45 bits per heavy atom. The van der Waals surface area contributed by atoms with E-state index in [9.17, 15) is 18.8 Å². The van der Waals surface area contributed by atoms with Crippen LogP contribution >= 0.6 is 11.8 Å². The molecular weight excluding hydrogens is 443 g/mol. The summed E-state index contributed by atoms with van der Waals surface area (Å²) >= 11 is 1.67. The van der Waals surface area contributed by atoms with E-state index in [0.29, 0.717) is 5.75 Å². The van der Waals surface area contributed by atoms with Gasteiger partial charge in [-0.1, -0.05) is 54.6 Å². The van der Waals surface area contributed by atoms with E-state index in [4.69, 9.17) is 4.74 Å². The number of thioether (sulfide) groups is 1. The Kier molecular flexibility index (Phi) is 7.04. The van der Waals surface area contributed by atoms with E-state index in [1.54, 1.807) is 16.7 Å². The Bertz CT molecular complexity index is 1170. The molecule has 8 heteroatoms. The molecule has 168 valence electrons. The van der Waals surface area contributed by atoms with Crippen LogP contribution in [0.4, 0.5) is 10.1 Å². The van der Waals surface area contributed by atoms with Gasteiger partial charge in [-0.2, -0.15) is 0 Å². The molecule has 4 rings (SSSR count). The molecule has 0 saturated heterocycles. The Balaban J connectivity index is 1.41. The summed E-state index contributed by atoms with van der Waals surface area (Å²) in [6, 6.07) is 22.5. The van der Waals surface area contributed by atoms with Gasteiger partial charge in [0.1, 0.15) is 12.4 Å². The number of rotatable bonds is 6. The van der Waals surface area contributed by atoms with Gasteiger partial charge in [0.2, 0.25) is 0 Å². The SMILES string of the molecule is O=C(CNC(=O)c1ccccc1F)OCC(=O)N1c2ccccc2SCC1c1ccccc1. The van der Waals surface area contributed by atoms with Crippen LogP contribution in [0.2, 0.25) is 0 Å². The van der Waals surface area contributed by atoms with Crippen LogP contribution < -0.4 is 10.2 Å². The summed E-state index contributed by atoms with van der Waals surface area (Å²) in [5.41, 5.74) is 1.57. The van der Waals surface area contributed by atoms with Crippen LogP contribution in [0.5, 0.6) is 0 Å². The van der Waals surface area contributed by atoms with Crippen molar-refractivity contribution < 1.29 is 23.5 Å². The highest BCUT2D eigenvalue weighted by Gasteiger charge is 2.32. The fourth-order valence-corrected chi connectivity index (χ4v) is 4.74. The van der Waals surface area contributed by atoms with Crippen molar-refractivity contribution >= 4 is 35.2 Å². The summed E-state index contributed by atoms with van der Waals surface area (Å²) in [6.07, 6.45) is 0. The first-order valence-corrected chi connectivity index (χ1v) is 11.3. The molecule has 6 nitrogen and oxygen atoms in total. The van der Waals surface area contributed by atoms with Gasteiger partial charge in [-0.25, -0.2) is 4.39 Å². The Labute approximate surface area is 194 Å². The summed E-state index contributed by atoms with van der Waals surface area (Å²) in [5, 5.41) is 2.31. The first-order valence-electron chi connectivity index (χ1n) is 10.3. The number of hydrogen-bond acceptors (Lipinski definition) is 5. The lowest BCUT2D eigenvalue weighted by molar-refractivity contribution is -0.146. The molecule has 1 unspecified atom stereocenters. The topological polar surface area (TPSA) is 75.7 Å². The van der Waals surface area contributed by atoms with Crippen molar-refractivity contribution in [2.45, 2.75) is 10.9 Å². The van der Waals surface area contributed by atoms with Crippen molar-refractivity contribution in [1.29, 1.82) is 0 Å². The molecule has 1 atom stereocenters. The van der Waals surface area contributed by atoms with E-state index in [1.165, 1.54) is 18.2 Å². The molecule has 0 bridgehead atoms. The molecule has 0 saturated carbocycles. The lowest BCUT2D eigenvalue weighted by Crippen LogP contribution is -2.41. The molecule has 3 aromatic rings. The predicted molar refractivity (Wildman–Crippen MR) is 124 cm³/mol. The standard InChI is InChI=1S/C25H21FN2O4S/c26-19-11-5-4-10-18(19)25(31)27-14-24(30)32-15-23(29)28-20-12-6-7-13-22(20)33-16-21(28)17-8-2-1-3-9-17/h1-13,21H,14-16H2,(H,27,31). The van der Waals surface area contributed by atoms with Crippen molar-refractivity contribution in [3.05, 3.63) is 95.8 Å². The van der Waals surface area contributed by atoms with Gasteiger partial charge in [0.25, 0.3) is 11.8 Å². The average Bonchev–Trinajstić information content (AvgIpc) is 2.86. The van der Waals surface area contributed by atoms with Crippen LogP contribution in [0.1, 0.15) is 22.0 Å². The fourth-order valence-electron chi connectivity index (χ4n) is 3.57. The van der Waals surface area contributed by atoms with Crippen LogP contribution in [0.25, 0.3) is 0 Å². The van der Waals surface area contributed by atoms with E-state index in [0.717, 1.165) is 22.2 Å². The summed E-state index contributed by atoms with van der Waals surface area (Å²) in [6.45, 7) is -0.953. The van der Waals surface area contributed by atoms with Gasteiger partial charge >= 0.3 is 5.97 Å². The van der Waals surface area contributed by atoms with Crippen molar-refractivity contribution in [3.63, 3.8) is 0 Å². The van der Waals surface area contributed by atoms with E-state index < -0.39 is 30.8 Å². The molecule has 3 aromatic carbocycles. The molecule has 0 spiro atoms. The molecule has 0 radical (unpaired) electrons. The first-order chi connectivity index (χ1) is 16.0. The normalized spacial score (nSPS) is 14.8. The third-order valence-electron chi connectivity index (χ3n) is 5.15. The Morgan fingerprint density at radius 1 is 0.970 bits per heavy atom. The minimum atomic E-state index is -0.788. The lowest BCUT2D eigenvalue weighted by Gasteiger charge is -2.37. The maximum Gasteiger partial charge on any atom is 0.325 e. The van der Waals surface area contributed by atoms with E-state index in [2.05, 4.69) is 5.32 Å². The molecule has 2 amide bonds. The molecule has 1 aliphatic rings. The zero-order valence-corrected chi connectivity index (χ0v) is 18.4. The molecule has 0 aromatic heterocycles. The number of halogens is 1. The number of amides is 2. The number of benzene rings is 3. The van der Waals surface area contributed by atoms with Crippen LogP contribution in [0.3, 0.4) is 0 Å². The smallest absolute Gasteiger partial charge is 0.325 e. The monoisotopic (exact) mass is 464 g/mol. The highest BCUT2D eigenvalue weighted by molar-refractivity contribution is 7.99. The van der Waals surface area contributed by atoms with E-state index in [-0.39, 0.29) is 17.5 Å². The van der Waals surface area contributed by atoms with Crippen LogP contribution in [0, 0.1) is 5.82 Å². The molecule has 0 aliphatic carbocycles. The number of nitrogens with zero attached hydrogens (tertiary/aromatic N) is 1. The van der Waals surface area contributed by atoms with Gasteiger partial charge in [0.15, 0.2) is 6.61 Å². The predicted octanol–water partition coefficient (Wildman–Crippen LogP) is 3.98. The average molecular weight is 465 g/mol. The number of hydrogen-bond donors (Lipinski definition) is 1. The van der Waals surface area contributed by atoms with Gasteiger partial charge in [0.05, 0.1) is 17.3 Å². The van der Waals surface area contributed by atoms with Crippen LogP contribution in [-0.2, 0) is 14.3 Å². The number of carbonyl (C=O) groups is 3. The molecular formula is C25H21FN2O4S.